The number of hydrogen-bond acceptors (Lipinski definition) is 6. The fourth-order valence-electron chi connectivity index (χ4n) is 5.12. The Bertz CT molecular complexity index is 855. The maximum atomic E-state index is 13.7. The van der Waals surface area contributed by atoms with Crippen molar-refractivity contribution in [2.75, 3.05) is 11.9 Å². The molecule has 38 heavy (non-hydrogen) atoms. The van der Waals surface area contributed by atoms with Crippen LogP contribution < -0.4 is 16.4 Å². The number of carbonyl (C=O) groups is 5. The molecule has 3 atom stereocenters. The standard InChI is InChI=1S/C25H40N4O6.CH2Cl2/c1-25(2,3)35-24(34)28-19(16-8-5-4-6-9-16)23(33)29-13-7-10-18(29)22(32)27-17(14-15-11-12-15)20(30)21(26)31;2-1-3/h15-19H,4-14H2,1-3H3,(H2,26,31)(H,27,32)(H,28,34);1H2/t17?,18-,19-;/m0./s1. The Balaban J connectivity index is 0.00000161. The third-order valence-electron chi connectivity index (χ3n) is 7.04. The molecule has 4 N–H and O–H groups in total. The summed E-state index contributed by atoms with van der Waals surface area (Å²) in [6.07, 6.45) is 7.37. The third kappa shape index (κ3) is 10.2. The first-order valence-electron chi connectivity index (χ1n) is 13.4. The molecular formula is C26H42Cl2N4O6. The van der Waals surface area contributed by atoms with Crippen molar-refractivity contribution in [1.82, 2.24) is 15.5 Å². The fourth-order valence-corrected chi connectivity index (χ4v) is 5.12. The minimum absolute atomic E-state index is 0.0351. The summed E-state index contributed by atoms with van der Waals surface area (Å²) < 4.78 is 5.41. The molecule has 216 valence electrons. The molecule has 1 saturated heterocycles. The molecular weight excluding hydrogens is 535 g/mol. The SMILES string of the molecule is CC(C)(C)OC(=O)N[C@H](C(=O)N1CCC[C@H]1C(=O)NC(CC1CC1)C(=O)C(N)=O)C1CCCCC1.ClCCl. The summed E-state index contributed by atoms with van der Waals surface area (Å²) in [6.45, 7) is 5.66. The van der Waals surface area contributed by atoms with E-state index >= 15 is 0 Å². The summed E-state index contributed by atoms with van der Waals surface area (Å²) in [6, 6.07) is -2.52. The number of ketones is 1. The number of ether oxygens (including phenoxy) is 1. The molecule has 12 heteroatoms. The highest BCUT2D eigenvalue weighted by Crippen LogP contribution is 2.34. The van der Waals surface area contributed by atoms with Gasteiger partial charge in [0.25, 0.3) is 5.91 Å². The smallest absolute Gasteiger partial charge is 0.408 e. The second-order valence-corrected chi connectivity index (χ2v) is 12.1. The van der Waals surface area contributed by atoms with Gasteiger partial charge < -0.3 is 26.0 Å². The number of Topliss-reactive ketones (excluding diaryl/α,β-unsaturated/α-hetero) is 1. The van der Waals surface area contributed by atoms with Crippen LogP contribution in [-0.4, -0.2) is 70.1 Å². The normalized spacial score (nSPS) is 21.4. The zero-order valence-corrected chi connectivity index (χ0v) is 24.1. The molecule has 3 aliphatic rings. The number of alkyl halides is 2. The van der Waals surface area contributed by atoms with E-state index in [9.17, 15) is 24.0 Å². The number of alkyl carbamates (subject to hydrolysis) is 1. The molecule has 3 fully saturated rings. The van der Waals surface area contributed by atoms with Crippen LogP contribution in [0.5, 0.6) is 0 Å². The van der Waals surface area contributed by atoms with Gasteiger partial charge in [0.05, 0.1) is 11.4 Å². The zero-order valence-electron chi connectivity index (χ0n) is 22.6. The van der Waals surface area contributed by atoms with E-state index in [-0.39, 0.29) is 17.2 Å². The lowest BCUT2D eigenvalue weighted by molar-refractivity contribution is -0.143. The molecule has 1 heterocycles. The molecule has 1 unspecified atom stereocenters. The van der Waals surface area contributed by atoms with Crippen LogP contribution in [0.15, 0.2) is 0 Å². The molecule has 0 aromatic heterocycles. The van der Waals surface area contributed by atoms with Gasteiger partial charge in [0.15, 0.2) is 0 Å². The van der Waals surface area contributed by atoms with Crippen LogP contribution in [0.3, 0.4) is 0 Å². The van der Waals surface area contributed by atoms with E-state index in [0.29, 0.717) is 31.7 Å². The van der Waals surface area contributed by atoms with Crippen molar-refractivity contribution in [3.8, 4) is 0 Å². The number of nitrogens with zero attached hydrogens (tertiary/aromatic N) is 1. The number of halogens is 2. The van der Waals surface area contributed by atoms with Gasteiger partial charge in [0.2, 0.25) is 17.6 Å². The Hall–Kier alpha value is -2.07. The topological polar surface area (TPSA) is 148 Å². The van der Waals surface area contributed by atoms with E-state index in [0.717, 1.165) is 44.9 Å². The van der Waals surface area contributed by atoms with Gasteiger partial charge in [-0.3, -0.25) is 19.2 Å². The summed E-state index contributed by atoms with van der Waals surface area (Å²) in [5.41, 5.74) is 4.49. The number of rotatable bonds is 9. The summed E-state index contributed by atoms with van der Waals surface area (Å²) in [5, 5.41) is 5.67. The molecule has 0 aromatic rings. The van der Waals surface area contributed by atoms with E-state index in [1.807, 2.05) is 0 Å². The maximum Gasteiger partial charge on any atom is 0.408 e. The van der Waals surface area contributed by atoms with Crippen LogP contribution in [0.2, 0.25) is 0 Å². The van der Waals surface area contributed by atoms with Gasteiger partial charge in [-0.05, 0) is 64.7 Å². The summed E-state index contributed by atoms with van der Waals surface area (Å²) >= 11 is 9.53. The van der Waals surface area contributed by atoms with E-state index in [2.05, 4.69) is 10.6 Å². The van der Waals surface area contributed by atoms with Crippen molar-refractivity contribution in [3.05, 3.63) is 0 Å². The predicted octanol–water partition coefficient (Wildman–Crippen LogP) is 3.21. The first-order valence-corrected chi connectivity index (χ1v) is 14.5. The second-order valence-electron chi connectivity index (χ2n) is 11.3. The van der Waals surface area contributed by atoms with Crippen LogP contribution in [0.25, 0.3) is 0 Å². The molecule has 0 radical (unpaired) electrons. The Morgan fingerprint density at radius 1 is 0.947 bits per heavy atom. The summed E-state index contributed by atoms with van der Waals surface area (Å²) in [7, 11) is 0. The number of nitrogens with one attached hydrogen (secondary N) is 2. The Morgan fingerprint density at radius 3 is 2.08 bits per heavy atom. The predicted molar refractivity (Wildman–Crippen MR) is 145 cm³/mol. The van der Waals surface area contributed by atoms with Gasteiger partial charge in [-0.15, -0.1) is 23.2 Å². The van der Waals surface area contributed by atoms with Crippen LogP contribution in [0, 0.1) is 11.8 Å². The van der Waals surface area contributed by atoms with Crippen molar-refractivity contribution in [2.45, 2.75) is 109 Å². The van der Waals surface area contributed by atoms with Crippen molar-refractivity contribution < 1.29 is 28.7 Å². The van der Waals surface area contributed by atoms with Crippen molar-refractivity contribution in [2.24, 2.45) is 17.6 Å². The maximum absolute atomic E-state index is 13.7. The van der Waals surface area contributed by atoms with Crippen molar-refractivity contribution in [1.29, 1.82) is 0 Å². The van der Waals surface area contributed by atoms with E-state index in [1.54, 1.807) is 20.8 Å². The lowest BCUT2D eigenvalue weighted by Gasteiger charge is -2.35. The number of primary amides is 1. The average Bonchev–Trinajstić information content (AvgIpc) is 3.52. The number of likely N-dealkylation sites (tertiary alicyclic amines) is 1. The Morgan fingerprint density at radius 2 is 1.55 bits per heavy atom. The van der Waals surface area contributed by atoms with Crippen molar-refractivity contribution >= 4 is 52.8 Å². The number of hydrogen-bond donors (Lipinski definition) is 3. The lowest BCUT2D eigenvalue weighted by atomic mass is 9.83. The van der Waals surface area contributed by atoms with Gasteiger partial charge in [-0.1, -0.05) is 32.1 Å². The van der Waals surface area contributed by atoms with Gasteiger partial charge in [-0.2, -0.15) is 0 Å². The molecule has 2 aliphatic carbocycles. The van der Waals surface area contributed by atoms with Crippen LogP contribution >= 0.6 is 23.2 Å². The van der Waals surface area contributed by atoms with Gasteiger partial charge in [-0.25, -0.2) is 4.79 Å². The molecule has 4 amide bonds. The van der Waals surface area contributed by atoms with Gasteiger partial charge in [0.1, 0.15) is 17.7 Å². The number of carbonyl (C=O) groups excluding carboxylic acids is 5. The molecule has 0 aromatic carbocycles. The highest BCUT2D eigenvalue weighted by molar-refractivity contribution is 6.40. The second kappa shape index (κ2) is 14.9. The van der Waals surface area contributed by atoms with E-state index in [4.69, 9.17) is 33.7 Å². The zero-order chi connectivity index (χ0) is 28.5. The minimum atomic E-state index is -1.07. The van der Waals surface area contributed by atoms with Crippen LogP contribution in [0.4, 0.5) is 4.79 Å². The molecule has 0 spiro atoms. The van der Waals surface area contributed by atoms with Gasteiger partial charge >= 0.3 is 6.09 Å². The molecule has 10 nitrogen and oxygen atoms in total. The Labute approximate surface area is 235 Å². The number of nitrogens with two attached hydrogens (primary N) is 1. The molecule has 2 saturated carbocycles. The first kappa shape index (κ1) is 32.1. The van der Waals surface area contributed by atoms with Crippen LogP contribution in [-0.2, 0) is 23.9 Å². The highest BCUT2D eigenvalue weighted by atomic mass is 35.5. The third-order valence-corrected chi connectivity index (χ3v) is 7.04. The average molecular weight is 578 g/mol. The molecule has 0 bridgehead atoms. The Kier molecular flexibility index (Phi) is 12.6. The van der Waals surface area contributed by atoms with Crippen molar-refractivity contribution in [3.63, 3.8) is 0 Å². The van der Waals surface area contributed by atoms with Gasteiger partial charge in [0, 0.05) is 6.54 Å². The highest BCUT2D eigenvalue weighted by Gasteiger charge is 2.42. The molecule has 1 aliphatic heterocycles. The largest absolute Gasteiger partial charge is 0.444 e. The van der Waals surface area contributed by atoms with Crippen LogP contribution in [0.1, 0.15) is 85.0 Å². The lowest BCUT2D eigenvalue weighted by Crippen LogP contribution is -2.58. The first-order chi connectivity index (χ1) is 17.9. The van der Waals surface area contributed by atoms with E-state index < -0.39 is 47.4 Å². The molecule has 3 rings (SSSR count). The van der Waals surface area contributed by atoms with E-state index in [1.165, 1.54) is 4.90 Å². The fraction of sp³-hybridized carbons (Fsp3) is 0.808. The monoisotopic (exact) mass is 576 g/mol. The summed E-state index contributed by atoms with van der Waals surface area (Å²) in [4.78, 5) is 64.8. The minimum Gasteiger partial charge on any atom is -0.444 e. The summed E-state index contributed by atoms with van der Waals surface area (Å²) in [5.74, 6) is -2.40. The quantitative estimate of drug-likeness (QED) is 0.283. The number of amides is 4.